The summed E-state index contributed by atoms with van der Waals surface area (Å²) in [5.41, 5.74) is 0.711. The van der Waals surface area contributed by atoms with Gasteiger partial charge in [0, 0.05) is 16.5 Å². The Morgan fingerprint density at radius 1 is 1.00 bits per heavy atom. The van der Waals surface area contributed by atoms with E-state index in [4.69, 9.17) is 4.74 Å². The number of anilines is 1. The molecule has 0 aliphatic carbocycles. The summed E-state index contributed by atoms with van der Waals surface area (Å²) in [4.78, 5) is 16.9. The Balaban J connectivity index is 1.76. The van der Waals surface area contributed by atoms with E-state index in [-0.39, 0.29) is 5.69 Å². The maximum absolute atomic E-state index is 13.6. The summed E-state index contributed by atoms with van der Waals surface area (Å²) in [5, 5.41) is 7.01. The second-order valence-corrected chi connectivity index (χ2v) is 8.81. The van der Waals surface area contributed by atoms with Gasteiger partial charge in [-0.05, 0) is 36.4 Å². The predicted molar refractivity (Wildman–Crippen MR) is 123 cm³/mol. The highest BCUT2D eigenvalue weighted by Crippen LogP contribution is 2.38. The van der Waals surface area contributed by atoms with Crippen LogP contribution in [0.3, 0.4) is 0 Å². The number of alkyl halides is 3. The molecule has 9 heteroatoms. The molecule has 1 amide bonds. The topological polar surface area (TPSA) is 68.5 Å². The molecule has 2 heterocycles. The molecule has 2 aromatic heterocycles. The van der Waals surface area contributed by atoms with Crippen LogP contribution in [0.4, 0.5) is 18.9 Å². The van der Waals surface area contributed by atoms with Crippen molar-refractivity contribution < 1.29 is 22.7 Å². The number of amides is 1. The van der Waals surface area contributed by atoms with Crippen LogP contribution in [0.2, 0.25) is 0 Å². The fourth-order valence-corrected chi connectivity index (χ4v) is 3.39. The van der Waals surface area contributed by atoms with Gasteiger partial charge in [-0.1, -0.05) is 39.0 Å². The molecule has 4 rings (SSSR count). The molecular formula is C25H23F3N4O2. The van der Waals surface area contributed by atoms with Crippen molar-refractivity contribution in [2.75, 3.05) is 12.4 Å². The molecular weight excluding hydrogens is 445 g/mol. The van der Waals surface area contributed by atoms with E-state index < -0.39 is 23.1 Å². The van der Waals surface area contributed by atoms with Crippen LogP contribution >= 0.6 is 0 Å². The van der Waals surface area contributed by atoms with Crippen molar-refractivity contribution in [2.45, 2.75) is 26.9 Å². The van der Waals surface area contributed by atoms with E-state index in [0.29, 0.717) is 28.3 Å². The van der Waals surface area contributed by atoms with Crippen molar-refractivity contribution in [1.82, 2.24) is 14.6 Å². The number of methoxy groups -OCH3 is 1. The van der Waals surface area contributed by atoms with Crippen LogP contribution in [-0.4, -0.2) is 27.6 Å². The van der Waals surface area contributed by atoms with Gasteiger partial charge in [-0.25, -0.2) is 9.50 Å². The van der Waals surface area contributed by atoms with Gasteiger partial charge >= 0.3 is 6.18 Å². The first-order chi connectivity index (χ1) is 16.0. The molecule has 0 atom stereocenters. The first-order valence-electron chi connectivity index (χ1n) is 10.5. The van der Waals surface area contributed by atoms with Crippen molar-refractivity contribution in [3.8, 4) is 28.3 Å². The number of aromatic nitrogens is 3. The molecule has 2 aromatic carbocycles. The zero-order chi connectivity index (χ0) is 24.7. The van der Waals surface area contributed by atoms with Crippen LogP contribution in [0.15, 0.2) is 60.8 Å². The van der Waals surface area contributed by atoms with Gasteiger partial charge in [0.2, 0.25) is 5.91 Å². The van der Waals surface area contributed by atoms with E-state index in [1.54, 1.807) is 50.7 Å². The van der Waals surface area contributed by atoms with Gasteiger partial charge in [0.25, 0.3) is 0 Å². The molecule has 0 fully saturated rings. The summed E-state index contributed by atoms with van der Waals surface area (Å²) >= 11 is 0. The summed E-state index contributed by atoms with van der Waals surface area (Å²) in [6.45, 7) is 4.89. The lowest BCUT2D eigenvalue weighted by atomic mass is 9.95. The molecule has 1 N–H and O–H groups in total. The number of fused-ring (bicyclic) bond motifs is 1. The number of ether oxygens (including phenoxy) is 1. The van der Waals surface area contributed by atoms with E-state index in [2.05, 4.69) is 15.4 Å². The molecule has 176 valence electrons. The van der Waals surface area contributed by atoms with E-state index in [9.17, 15) is 18.0 Å². The zero-order valence-corrected chi connectivity index (χ0v) is 19.1. The second-order valence-electron chi connectivity index (χ2n) is 8.81. The summed E-state index contributed by atoms with van der Waals surface area (Å²) in [6.07, 6.45) is -2.99. The third-order valence-corrected chi connectivity index (χ3v) is 5.25. The molecule has 34 heavy (non-hydrogen) atoms. The molecule has 0 saturated carbocycles. The van der Waals surface area contributed by atoms with Crippen LogP contribution in [-0.2, 0) is 11.0 Å². The van der Waals surface area contributed by atoms with Crippen LogP contribution in [0.1, 0.15) is 26.3 Å². The van der Waals surface area contributed by atoms with Crippen molar-refractivity contribution in [3.63, 3.8) is 0 Å². The number of nitrogens with zero attached hydrogens (tertiary/aromatic N) is 3. The van der Waals surface area contributed by atoms with Crippen LogP contribution < -0.4 is 10.1 Å². The minimum atomic E-state index is -4.62. The molecule has 6 nitrogen and oxygen atoms in total. The fourth-order valence-electron chi connectivity index (χ4n) is 3.39. The summed E-state index contributed by atoms with van der Waals surface area (Å²) in [6, 6.07) is 14.6. The fraction of sp³-hybridized carbons (Fsp3) is 0.240. The Bertz CT molecular complexity index is 1370. The van der Waals surface area contributed by atoms with Crippen LogP contribution in [0, 0.1) is 5.41 Å². The summed E-state index contributed by atoms with van der Waals surface area (Å²) in [7, 11) is 1.58. The van der Waals surface area contributed by atoms with Crippen LogP contribution in [0.25, 0.3) is 28.2 Å². The van der Waals surface area contributed by atoms with Crippen LogP contribution in [0.5, 0.6) is 5.75 Å². The average Bonchev–Trinajstić information content (AvgIpc) is 3.21. The van der Waals surface area contributed by atoms with E-state index in [1.807, 2.05) is 24.3 Å². The maximum Gasteiger partial charge on any atom is 0.418 e. The number of rotatable bonds is 4. The van der Waals surface area contributed by atoms with Crippen molar-refractivity contribution >= 4 is 17.2 Å². The molecule has 4 aromatic rings. The second kappa shape index (κ2) is 8.48. The van der Waals surface area contributed by atoms with E-state index in [0.717, 1.165) is 11.6 Å². The third-order valence-electron chi connectivity index (χ3n) is 5.25. The third kappa shape index (κ3) is 4.59. The van der Waals surface area contributed by atoms with Gasteiger partial charge in [-0.15, -0.1) is 0 Å². The molecule has 0 aliphatic heterocycles. The molecule has 0 unspecified atom stereocenters. The van der Waals surface area contributed by atoms with E-state index >= 15 is 0 Å². The number of nitrogens with one attached hydrogen (secondary N) is 1. The highest BCUT2D eigenvalue weighted by atomic mass is 19.4. The zero-order valence-electron chi connectivity index (χ0n) is 19.1. The minimum absolute atomic E-state index is 0.315. The normalized spacial score (nSPS) is 12.1. The Morgan fingerprint density at radius 3 is 2.41 bits per heavy atom. The number of carbonyl (C=O) groups excluding carboxylic acids is 1. The minimum Gasteiger partial charge on any atom is -0.496 e. The molecule has 0 aliphatic rings. The maximum atomic E-state index is 13.6. The molecule has 0 saturated heterocycles. The number of para-hydroxylation sites is 1. The van der Waals surface area contributed by atoms with Gasteiger partial charge < -0.3 is 10.1 Å². The van der Waals surface area contributed by atoms with Crippen molar-refractivity contribution in [3.05, 3.63) is 66.4 Å². The lowest BCUT2D eigenvalue weighted by Crippen LogP contribution is -2.28. The number of imidazole rings is 1. The highest BCUT2D eigenvalue weighted by Gasteiger charge is 2.35. The molecule has 0 bridgehead atoms. The number of benzene rings is 2. The highest BCUT2D eigenvalue weighted by molar-refractivity contribution is 5.96. The van der Waals surface area contributed by atoms with Gasteiger partial charge in [0.1, 0.15) is 5.75 Å². The Labute approximate surface area is 194 Å². The van der Waals surface area contributed by atoms with Gasteiger partial charge in [-0.2, -0.15) is 18.3 Å². The number of halogens is 3. The number of carbonyl (C=O) groups is 1. The first-order valence-corrected chi connectivity index (χ1v) is 10.5. The number of hydrogen-bond donors (Lipinski definition) is 1. The van der Waals surface area contributed by atoms with Gasteiger partial charge in [0.05, 0.1) is 35.9 Å². The van der Waals surface area contributed by atoms with Crippen molar-refractivity contribution in [1.29, 1.82) is 0 Å². The monoisotopic (exact) mass is 468 g/mol. The Hall–Kier alpha value is -3.88. The average molecular weight is 468 g/mol. The van der Waals surface area contributed by atoms with Crippen molar-refractivity contribution in [2.24, 2.45) is 5.41 Å². The predicted octanol–water partition coefficient (Wildman–Crippen LogP) is 6.08. The molecule has 0 spiro atoms. The summed E-state index contributed by atoms with van der Waals surface area (Å²) < 4.78 is 47.7. The SMILES string of the molecule is COc1ccccc1-c1ccc2nc(-c3ccc(C(F)(F)F)c(NC(=O)C(C)(C)C)c3)cn2n1. The Morgan fingerprint density at radius 2 is 1.74 bits per heavy atom. The van der Waals surface area contributed by atoms with Gasteiger partial charge in [-0.3, -0.25) is 4.79 Å². The number of hydrogen-bond acceptors (Lipinski definition) is 4. The largest absolute Gasteiger partial charge is 0.496 e. The lowest BCUT2D eigenvalue weighted by molar-refractivity contribution is -0.137. The smallest absolute Gasteiger partial charge is 0.418 e. The molecule has 0 radical (unpaired) electrons. The Kier molecular flexibility index (Phi) is 5.80. The lowest BCUT2D eigenvalue weighted by Gasteiger charge is -2.20. The standard InChI is InChI=1S/C25H23F3N4O2/c1-24(2,3)23(33)30-19-13-15(9-10-17(19)25(26,27)28)20-14-32-22(29-20)12-11-18(31-32)16-7-5-6-8-21(16)34-4/h5-14H,1-4H3,(H,30,33). The first kappa shape index (κ1) is 23.3. The summed E-state index contributed by atoms with van der Waals surface area (Å²) in [5.74, 6) is 0.143. The van der Waals surface area contributed by atoms with Gasteiger partial charge in [0.15, 0.2) is 5.65 Å². The van der Waals surface area contributed by atoms with E-state index in [1.165, 1.54) is 12.1 Å². The quantitative estimate of drug-likeness (QED) is 0.394.